The van der Waals surface area contributed by atoms with E-state index >= 15 is 0 Å². The molecule has 2 amide bonds. The van der Waals surface area contributed by atoms with E-state index in [4.69, 9.17) is 0 Å². The third kappa shape index (κ3) is 1.73. The van der Waals surface area contributed by atoms with Crippen molar-refractivity contribution in [3.8, 4) is 0 Å². The number of anilines is 1. The molecule has 1 heterocycles. The van der Waals surface area contributed by atoms with Crippen LogP contribution in [-0.4, -0.2) is 17.6 Å². The molecule has 114 valence electrons. The van der Waals surface area contributed by atoms with Gasteiger partial charge in [-0.25, -0.2) is 0 Å². The molecule has 1 saturated heterocycles. The fraction of sp³-hybridized carbons (Fsp3) is 0.500. The Morgan fingerprint density at radius 3 is 2.32 bits per heavy atom. The molecular formula is C18H19NO3. The molecule has 0 spiro atoms. The van der Waals surface area contributed by atoms with E-state index in [1.807, 2.05) is 24.3 Å². The number of amides is 2. The van der Waals surface area contributed by atoms with E-state index in [2.05, 4.69) is 6.92 Å². The molecule has 1 aromatic rings. The van der Waals surface area contributed by atoms with E-state index in [0.717, 1.165) is 19.3 Å². The van der Waals surface area contributed by atoms with Gasteiger partial charge in [0.25, 0.3) is 0 Å². The highest BCUT2D eigenvalue weighted by Gasteiger charge is 2.60. The van der Waals surface area contributed by atoms with Gasteiger partial charge in [-0.05, 0) is 42.9 Å². The number of hydrogen-bond acceptors (Lipinski definition) is 3. The topological polar surface area (TPSA) is 54.5 Å². The van der Waals surface area contributed by atoms with Crippen molar-refractivity contribution in [1.29, 1.82) is 0 Å². The zero-order valence-corrected chi connectivity index (χ0v) is 12.6. The number of carbonyl (C=O) groups excluding carboxylic acids is 3. The van der Waals surface area contributed by atoms with Crippen LogP contribution in [0.15, 0.2) is 24.3 Å². The number of benzene rings is 1. The molecule has 3 saturated carbocycles. The summed E-state index contributed by atoms with van der Waals surface area (Å²) in [6, 6.07) is 7.60. The van der Waals surface area contributed by atoms with Crippen LogP contribution < -0.4 is 4.90 Å². The number of rotatable bonds is 2. The Labute approximate surface area is 129 Å². The first-order chi connectivity index (χ1) is 10.6. The van der Waals surface area contributed by atoms with Crippen LogP contribution in [0.1, 0.15) is 31.7 Å². The van der Waals surface area contributed by atoms with Crippen LogP contribution in [0.5, 0.6) is 0 Å². The highest BCUT2D eigenvalue weighted by molar-refractivity contribution is 6.23. The van der Waals surface area contributed by atoms with Crippen LogP contribution in [0.2, 0.25) is 0 Å². The molecule has 4 fully saturated rings. The molecule has 4 atom stereocenters. The molecule has 0 radical (unpaired) electrons. The van der Waals surface area contributed by atoms with E-state index in [1.165, 1.54) is 10.5 Å². The fourth-order valence-electron chi connectivity index (χ4n) is 4.52. The Balaban J connectivity index is 1.72. The van der Waals surface area contributed by atoms with Gasteiger partial charge in [-0.3, -0.25) is 19.3 Å². The summed E-state index contributed by atoms with van der Waals surface area (Å²) in [4.78, 5) is 39.0. The second kappa shape index (κ2) is 4.77. The van der Waals surface area contributed by atoms with Gasteiger partial charge in [0, 0.05) is 12.3 Å². The van der Waals surface area contributed by atoms with Gasteiger partial charge in [-0.1, -0.05) is 19.1 Å². The van der Waals surface area contributed by atoms with E-state index in [9.17, 15) is 14.4 Å². The molecule has 1 aliphatic heterocycles. The van der Waals surface area contributed by atoms with E-state index in [-0.39, 0.29) is 35.4 Å². The predicted molar refractivity (Wildman–Crippen MR) is 81.1 cm³/mol. The number of fused-ring (bicyclic) bond motifs is 2. The standard InChI is InChI=1S/C18H19NO3/c1-2-10-3-6-12(7-4-10)19-17(21)15-11-5-8-13(14(20)9-11)16(15)18(19)22/h3-4,6-7,11,13,15-16H,2,5,8-9H2,1H3. The van der Waals surface area contributed by atoms with E-state index in [1.54, 1.807) is 0 Å². The van der Waals surface area contributed by atoms with Crippen LogP contribution in [0.3, 0.4) is 0 Å². The largest absolute Gasteiger partial charge is 0.299 e. The smallest absolute Gasteiger partial charge is 0.238 e. The van der Waals surface area contributed by atoms with Gasteiger partial charge < -0.3 is 0 Å². The number of carbonyl (C=O) groups is 3. The van der Waals surface area contributed by atoms with Crippen molar-refractivity contribution in [1.82, 2.24) is 0 Å². The first-order valence-corrected chi connectivity index (χ1v) is 8.11. The SMILES string of the molecule is CCc1ccc(N2C(=O)C3C4CCC(C(=O)C4)C3C2=O)cc1. The van der Waals surface area contributed by atoms with Crippen molar-refractivity contribution < 1.29 is 14.4 Å². The Bertz CT molecular complexity index is 663. The zero-order valence-electron chi connectivity index (χ0n) is 12.6. The summed E-state index contributed by atoms with van der Waals surface area (Å²) < 4.78 is 0. The summed E-state index contributed by atoms with van der Waals surface area (Å²) in [6.45, 7) is 2.07. The Morgan fingerprint density at radius 2 is 1.68 bits per heavy atom. The normalized spacial score (nSPS) is 33.5. The Hall–Kier alpha value is -1.97. The fourth-order valence-corrected chi connectivity index (χ4v) is 4.52. The lowest BCUT2D eigenvalue weighted by Gasteiger charge is -2.41. The number of hydrogen-bond donors (Lipinski definition) is 0. The number of imide groups is 1. The van der Waals surface area contributed by atoms with Gasteiger partial charge in [0.2, 0.25) is 11.8 Å². The summed E-state index contributed by atoms with van der Waals surface area (Å²) >= 11 is 0. The van der Waals surface area contributed by atoms with Crippen molar-refractivity contribution in [3.05, 3.63) is 29.8 Å². The van der Waals surface area contributed by atoms with Crippen molar-refractivity contribution in [2.45, 2.75) is 32.6 Å². The van der Waals surface area contributed by atoms with Gasteiger partial charge in [0.15, 0.2) is 0 Å². The van der Waals surface area contributed by atoms with Gasteiger partial charge in [-0.15, -0.1) is 0 Å². The maximum atomic E-state index is 12.8. The number of aryl methyl sites for hydroxylation is 1. The van der Waals surface area contributed by atoms with Gasteiger partial charge in [0.05, 0.1) is 17.5 Å². The van der Waals surface area contributed by atoms with Crippen molar-refractivity contribution in [3.63, 3.8) is 0 Å². The molecule has 5 rings (SSSR count). The van der Waals surface area contributed by atoms with E-state index < -0.39 is 5.92 Å². The molecule has 2 bridgehead atoms. The molecule has 4 nitrogen and oxygen atoms in total. The average molecular weight is 297 g/mol. The lowest BCUT2D eigenvalue weighted by molar-refractivity contribution is -0.143. The third-order valence-electron chi connectivity index (χ3n) is 5.67. The summed E-state index contributed by atoms with van der Waals surface area (Å²) in [5.74, 6) is -0.913. The maximum absolute atomic E-state index is 12.8. The highest BCUT2D eigenvalue weighted by Crippen LogP contribution is 2.52. The summed E-state index contributed by atoms with van der Waals surface area (Å²) in [6.07, 6.45) is 3.07. The zero-order chi connectivity index (χ0) is 15.4. The van der Waals surface area contributed by atoms with Crippen LogP contribution in [0.4, 0.5) is 5.69 Å². The minimum atomic E-state index is -0.404. The molecule has 4 heteroatoms. The number of ketones is 1. The second-order valence-electron chi connectivity index (χ2n) is 6.70. The number of nitrogens with zero attached hydrogens (tertiary/aromatic N) is 1. The minimum absolute atomic E-state index is 0.0684. The average Bonchev–Trinajstić information content (AvgIpc) is 2.81. The Morgan fingerprint density at radius 1 is 1.00 bits per heavy atom. The summed E-state index contributed by atoms with van der Waals surface area (Å²) in [5.41, 5.74) is 1.82. The van der Waals surface area contributed by atoms with Crippen LogP contribution >= 0.6 is 0 Å². The van der Waals surface area contributed by atoms with Crippen molar-refractivity contribution in [2.24, 2.45) is 23.7 Å². The lowest BCUT2D eigenvalue weighted by atomic mass is 9.59. The van der Waals surface area contributed by atoms with Gasteiger partial charge >= 0.3 is 0 Å². The molecule has 4 unspecified atom stereocenters. The monoisotopic (exact) mass is 297 g/mol. The van der Waals surface area contributed by atoms with Crippen molar-refractivity contribution >= 4 is 23.3 Å². The number of Topliss-reactive ketones (excluding diaryl/α,β-unsaturated/α-hetero) is 1. The highest BCUT2D eigenvalue weighted by atomic mass is 16.2. The summed E-state index contributed by atoms with van der Waals surface area (Å²) in [7, 11) is 0. The van der Waals surface area contributed by atoms with Crippen molar-refractivity contribution in [2.75, 3.05) is 4.90 Å². The second-order valence-corrected chi connectivity index (χ2v) is 6.70. The third-order valence-corrected chi connectivity index (χ3v) is 5.67. The molecule has 4 aliphatic rings. The van der Waals surface area contributed by atoms with E-state index in [0.29, 0.717) is 12.1 Å². The molecule has 1 aromatic carbocycles. The predicted octanol–water partition coefficient (Wildman–Crippen LogP) is 2.35. The quantitative estimate of drug-likeness (QED) is 0.787. The molecule has 0 aromatic heterocycles. The molecule has 3 aliphatic carbocycles. The maximum Gasteiger partial charge on any atom is 0.238 e. The van der Waals surface area contributed by atoms with Gasteiger partial charge in [0.1, 0.15) is 5.78 Å². The molecular weight excluding hydrogens is 278 g/mol. The van der Waals surface area contributed by atoms with Crippen LogP contribution in [0, 0.1) is 23.7 Å². The van der Waals surface area contributed by atoms with Gasteiger partial charge in [-0.2, -0.15) is 0 Å². The summed E-state index contributed by atoms with van der Waals surface area (Å²) in [5, 5.41) is 0. The molecule has 22 heavy (non-hydrogen) atoms. The minimum Gasteiger partial charge on any atom is -0.299 e. The Kier molecular flexibility index (Phi) is 2.96. The first kappa shape index (κ1) is 13.7. The van der Waals surface area contributed by atoms with Crippen LogP contribution in [0.25, 0.3) is 0 Å². The first-order valence-electron chi connectivity index (χ1n) is 8.11. The molecule has 0 N–H and O–H groups in total. The lowest BCUT2D eigenvalue weighted by Crippen LogP contribution is -2.46. The van der Waals surface area contributed by atoms with Crippen LogP contribution in [-0.2, 0) is 20.8 Å².